The third-order valence-electron chi connectivity index (χ3n) is 3.51. The number of benzene rings is 1. The average Bonchev–Trinajstić information content (AvgIpc) is 2.41. The molecule has 2 aromatic rings. The van der Waals surface area contributed by atoms with E-state index in [4.69, 9.17) is 0 Å². The summed E-state index contributed by atoms with van der Waals surface area (Å²) in [6, 6.07) is 7.91. The molecule has 1 aliphatic rings. The number of aromatic nitrogens is 2. The van der Waals surface area contributed by atoms with Gasteiger partial charge in [-0.3, -0.25) is 4.98 Å². The predicted octanol–water partition coefficient (Wildman–Crippen LogP) is 2.35. The van der Waals surface area contributed by atoms with E-state index in [9.17, 15) is 5.11 Å². The van der Waals surface area contributed by atoms with E-state index in [0.29, 0.717) is 0 Å². The highest BCUT2D eigenvalue weighted by Gasteiger charge is 2.23. The first-order valence-corrected chi connectivity index (χ1v) is 6.49. The van der Waals surface area contributed by atoms with Gasteiger partial charge in [0.15, 0.2) is 0 Å². The lowest BCUT2D eigenvalue weighted by Gasteiger charge is -2.28. The molecule has 0 unspecified atom stereocenters. The van der Waals surface area contributed by atoms with Crippen LogP contribution in [0.4, 0.5) is 5.82 Å². The Hall–Kier alpha value is -1.68. The number of rotatable bonds is 2. The number of hydrogen-bond acceptors (Lipinski definition) is 4. The predicted molar refractivity (Wildman–Crippen MR) is 71.4 cm³/mol. The molecule has 0 bridgehead atoms. The van der Waals surface area contributed by atoms with Crippen LogP contribution in [0, 0.1) is 0 Å². The molecular weight excluding hydrogens is 226 g/mol. The fourth-order valence-corrected chi connectivity index (χ4v) is 2.50. The van der Waals surface area contributed by atoms with Crippen molar-refractivity contribution in [2.45, 2.75) is 37.8 Å². The molecule has 1 aromatic carbocycles. The van der Waals surface area contributed by atoms with Gasteiger partial charge in [0.2, 0.25) is 0 Å². The lowest BCUT2D eigenvalue weighted by molar-refractivity contribution is 0.116. The van der Waals surface area contributed by atoms with Crippen molar-refractivity contribution < 1.29 is 5.11 Å². The molecule has 0 spiro atoms. The summed E-state index contributed by atoms with van der Waals surface area (Å²) in [4.78, 5) is 8.88. The second kappa shape index (κ2) is 4.90. The van der Waals surface area contributed by atoms with Gasteiger partial charge in [-0.15, -0.1) is 0 Å². The van der Waals surface area contributed by atoms with Crippen molar-refractivity contribution in [1.29, 1.82) is 0 Å². The van der Waals surface area contributed by atoms with Crippen LogP contribution in [0.3, 0.4) is 0 Å². The molecule has 4 nitrogen and oxygen atoms in total. The second-order valence-electron chi connectivity index (χ2n) is 4.85. The molecule has 1 saturated carbocycles. The van der Waals surface area contributed by atoms with Crippen LogP contribution < -0.4 is 5.32 Å². The third-order valence-corrected chi connectivity index (χ3v) is 3.51. The molecule has 2 N–H and O–H groups in total. The summed E-state index contributed by atoms with van der Waals surface area (Å²) in [5, 5.41) is 13.2. The van der Waals surface area contributed by atoms with Crippen LogP contribution >= 0.6 is 0 Å². The van der Waals surface area contributed by atoms with Crippen LogP contribution in [-0.2, 0) is 0 Å². The van der Waals surface area contributed by atoms with Gasteiger partial charge in [-0.05, 0) is 25.0 Å². The van der Waals surface area contributed by atoms with Gasteiger partial charge < -0.3 is 10.4 Å². The minimum Gasteiger partial charge on any atom is -0.391 e. The van der Waals surface area contributed by atoms with E-state index < -0.39 is 0 Å². The largest absolute Gasteiger partial charge is 0.391 e. The zero-order valence-electron chi connectivity index (χ0n) is 10.2. The number of hydrogen-bond donors (Lipinski definition) is 2. The molecule has 18 heavy (non-hydrogen) atoms. The maximum absolute atomic E-state index is 9.93. The van der Waals surface area contributed by atoms with Crippen LogP contribution in [0.2, 0.25) is 0 Å². The lowest BCUT2D eigenvalue weighted by atomic mass is 9.93. The Morgan fingerprint density at radius 1 is 1.11 bits per heavy atom. The number of nitrogens with one attached hydrogen (secondary N) is 1. The van der Waals surface area contributed by atoms with Crippen LogP contribution in [0.15, 0.2) is 30.5 Å². The summed E-state index contributed by atoms with van der Waals surface area (Å²) in [5.74, 6) is 0.750. The summed E-state index contributed by atoms with van der Waals surface area (Å²) in [6.07, 6.45) is 5.61. The van der Waals surface area contributed by atoms with E-state index in [-0.39, 0.29) is 12.1 Å². The van der Waals surface area contributed by atoms with Crippen molar-refractivity contribution in [2.24, 2.45) is 0 Å². The zero-order valence-corrected chi connectivity index (χ0v) is 10.2. The van der Waals surface area contributed by atoms with Gasteiger partial charge in [-0.2, -0.15) is 0 Å². The van der Waals surface area contributed by atoms with Crippen molar-refractivity contribution in [1.82, 2.24) is 9.97 Å². The summed E-state index contributed by atoms with van der Waals surface area (Å²) in [5.41, 5.74) is 1.78. The molecule has 0 radical (unpaired) electrons. The molecule has 0 saturated heterocycles. The van der Waals surface area contributed by atoms with E-state index in [0.717, 1.165) is 42.5 Å². The minimum absolute atomic E-state index is 0.106. The first-order chi connectivity index (χ1) is 8.83. The highest BCUT2D eigenvalue weighted by molar-refractivity contribution is 5.75. The standard InChI is InChI=1S/C14H17N3O/c18-13-8-4-3-7-12(13)17-14-9-15-10-5-1-2-6-11(10)16-14/h1-2,5-6,9,12-13,18H,3-4,7-8H2,(H,16,17)/t12-,13+/m0/s1. The summed E-state index contributed by atoms with van der Waals surface area (Å²) < 4.78 is 0. The Morgan fingerprint density at radius 2 is 1.89 bits per heavy atom. The van der Waals surface area contributed by atoms with E-state index in [1.165, 1.54) is 0 Å². The topological polar surface area (TPSA) is 58.0 Å². The molecule has 1 aliphatic carbocycles. The monoisotopic (exact) mass is 243 g/mol. The number of para-hydroxylation sites is 2. The van der Waals surface area contributed by atoms with Crippen LogP contribution in [0.25, 0.3) is 11.0 Å². The quantitative estimate of drug-likeness (QED) is 0.850. The number of nitrogens with zero attached hydrogens (tertiary/aromatic N) is 2. The number of fused-ring (bicyclic) bond motifs is 1. The number of aliphatic hydroxyl groups excluding tert-OH is 1. The fraction of sp³-hybridized carbons (Fsp3) is 0.429. The summed E-state index contributed by atoms with van der Waals surface area (Å²) >= 11 is 0. The van der Waals surface area contributed by atoms with E-state index >= 15 is 0 Å². The van der Waals surface area contributed by atoms with E-state index in [1.807, 2.05) is 24.3 Å². The van der Waals surface area contributed by atoms with Crippen molar-refractivity contribution >= 4 is 16.9 Å². The van der Waals surface area contributed by atoms with Crippen molar-refractivity contribution in [3.63, 3.8) is 0 Å². The molecule has 4 heteroatoms. The number of anilines is 1. The Labute approximate surface area is 106 Å². The summed E-state index contributed by atoms with van der Waals surface area (Å²) in [6.45, 7) is 0. The molecule has 1 aromatic heterocycles. The first kappa shape index (κ1) is 11.4. The lowest BCUT2D eigenvalue weighted by Crippen LogP contribution is -2.36. The maximum Gasteiger partial charge on any atom is 0.145 e. The maximum atomic E-state index is 9.93. The highest BCUT2D eigenvalue weighted by atomic mass is 16.3. The van der Waals surface area contributed by atoms with Gasteiger partial charge >= 0.3 is 0 Å². The SMILES string of the molecule is O[C@@H]1CCCC[C@@H]1Nc1cnc2ccccc2n1. The summed E-state index contributed by atoms with van der Waals surface area (Å²) in [7, 11) is 0. The molecule has 2 atom stereocenters. The number of aliphatic hydroxyl groups is 1. The van der Waals surface area contributed by atoms with Crippen LogP contribution in [-0.4, -0.2) is 27.2 Å². The Kier molecular flexibility index (Phi) is 3.11. The van der Waals surface area contributed by atoms with Gasteiger partial charge in [-0.25, -0.2) is 4.98 Å². The van der Waals surface area contributed by atoms with Gasteiger partial charge in [0.25, 0.3) is 0 Å². The van der Waals surface area contributed by atoms with Crippen LogP contribution in [0.1, 0.15) is 25.7 Å². The molecule has 0 aliphatic heterocycles. The van der Waals surface area contributed by atoms with Crippen molar-refractivity contribution in [2.75, 3.05) is 5.32 Å². The highest BCUT2D eigenvalue weighted by Crippen LogP contribution is 2.22. The van der Waals surface area contributed by atoms with Crippen LogP contribution in [0.5, 0.6) is 0 Å². The second-order valence-corrected chi connectivity index (χ2v) is 4.85. The van der Waals surface area contributed by atoms with Crippen molar-refractivity contribution in [3.05, 3.63) is 30.5 Å². The molecule has 94 valence electrons. The fourth-order valence-electron chi connectivity index (χ4n) is 2.50. The third kappa shape index (κ3) is 2.29. The van der Waals surface area contributed by atoms with Gasteiger partial charge in [0.05, 0.1) is 29.4 Å². The van der Waals surface area contributed by atoms with Crippen molar-refractivity contribution in [3.8, 4) is 0 Å². The van der Waals surface area contributed by atoms with Gasteiger partial charge in [-0.1, -0.05) is 25.0 Å². The minimum atomic E-state index is -0.271. The molecule has 1 fully saturated rings. The molecule has 3 rings (SSSR count). The average molecular weight is 243 g/mol. The molecular formula is C14H17N3O. The smallest absolute Gasteiger partial charge is 0.145 e. The first-order valence-electron chi connectivity index (χ1n) is 6.49. The molecule has 1 heterocycles. The van der Waals surface area contributed by atoms with E-state index in [2.05, 4.69) is 15.3 Å². The normalized spacial score (nSPS) is 24.1. The van der Waals surface area contributed by atoms with Gasteiger partial charge in [0.1, 0.15) is 5.82 Å². The Morgan fingerprint density at radius 3 is 2.72 bits per heavy atom. The van der Waals surface area contributed by atoms with Gasteiger partial charge in [0, 0.05) is 0 Å². The molecule has 0 amide bonds. The Bertz CT molecular complexity index is 543. The Balaban J connectivity index is 1.81. The van der Waals surface area contributed by atoms with E-state index in [1.54, 1.807) is 6.20 Å². The zero-order chi connectivity index (χ0) is 12.4.